The van der Waals surface area contributed by atoms with Gasteiger partial charge in [-0.1, -0.05) is 59.8 Å². The monoisotopic (exact) mass is 278 g/mol. The van der Waals surface area contributed by atoms with Gasteiger partial charge >= 0.3 is 0 Å². The molecular weight excluding hydrogens is 260 g/mol. The number of oxime groups is 1. The van der Waals surface area contributed by atoms with Gasteiger partial charge in [0.05, 0.1) is 5.71 Å². The van der Waals surface area contributed by atoms with Gasteiger partial charge in [0.15, 0.2) is 0 Å². The van der Waals surface area contributed by atoms with E-state index in [0.29, 0.717) is 11.8 Å². The lowest BCUT2D eigenvalue weighted by atomic mass is 9.96. The Kier molecular flexibility index (Phi) is 3.00. The van der Waals surface area contributed by atoms with Gasteiger partial charge in [-0.25, -0.2) is 0 Å². The molecule has 0 saturated carbocycles. The Balaban J connectivity index is 1.60. The second-order valence-corrected chi connectivity index (χ2v) is 5.97. The number of hydrogen-bond acceptors (Lipinski definition) is 3. The van der Waals surface area contributed by atoms with Crippen molar-refractivity contribution in [3.8, 4) is 0 Å². The quantitative estimate of drug-likeness (QED) is 0.677. The van der Waals surface area contributed by atoms with E-state index in [1.807, 2.05) is 6.07 Å². The summed E-state index contributed by atoms with van der Waals surface area (Å²) in [5, 5.41) is 13.0. The third-order valence-electron chi connectivity index (χ3n) is 4.74. The zero-order valence-electron chi connectivity index (χ0n) is 11.8. The molecule has 0 radical (unpaired) electrons. The first-order valence-electron chi connectivity index (χ1n) is 7.44. The van der Waals surface area contributed by atoms with Crippen LogP contribution in [-0.2, 0) is 6.54 Å². The maximum Gasteiger partial charge on any atom is 0.0920 e. The van der Waals surface area contributed by atoms with E-state index in [4.69, 9.17) is 0 Å². The van der Waals surface area contributed by atoms with Gasteiger partial charge in [-0.15, -0.1) is 0 Å². The number of rotatable bonds is 2. The summed E-state index contributed by atoms with van der Waals surface area (Å²) >= 11 is 0. The van der Waals surface area contributed by atoms with E-state index in [-0.39, 0.29) is 0 Å². The van der Waals surface area contributed by atoms with Crippen LogP contribution in [-0.4, -0.2) is 28.9 Å². The van der Waals surface area contributed by atoms with Gasteiger partial charge in [-0.3, -0.25) is 4.90 Å². The molecular formula is C18H18N2O. The number of nitrogens with zero attached hydrogens (tertiary/aromatic N) is 2. The normalized spacial score (nSPS) is 26.0. The van der Waals surface area contributed by atoms with E-state index in [1.54, 1.807) is 0 Å². The average molecular weight is 278 g/mol. The Bertz CT molecular complexity index is 681. The predicted octanol–water partition coefficient (Wildman–Crippen LogP) is 3.09. The Morgan fingerprint density at radius 2 is 1.67 bits per heavy atom. The van der Waals surface area contributed by atoms with Crippen LogP contribution in [0.4, 0.5) is 0 Å². The highest BCUT2D eigenvalue weighted by molar-refractivity contribution is 6.07. The average Bonchev–Trinajstić information content (AvgIpc) is 3.04. The fourth-order valence-electron chi connectivity index (χ4n) is 3.83. The fraction of sp³-hybridized carbons (Fsp3) is 0.278. The first-order valence-corrected chi connectivity index (χ1v) is 7.44. The van der Waals surface area contributed by atoms with E-state index < -0.39 is 0 Å². The van der Waals surface area contributed by atoms with Gasteiger partial charge in [0, 0.05) is 37.0 Å². The van der Waals surface area contributed by atoms with Crippen molar-refractivity contribution in [2.75, 3.05) is 13.1 Å². The second-order valence-electron chi connectivity index (χ2n) is 5.97. The molecule has 3 nitrogen and oxygen atoms in total. The summed E-state index contributed by atoms with van der Waals surface area (Å²) in [4.78, 5) is 2.46. The van der Waals surface area contributed by atoms with E-state index in [1.165, 1.54) is 11.1 Å². The van der Waals surface area contributed by atoms with E-state index in [9.17, 15) is 5.21 Å². The van der Waals surface area contributed by atoms with Gasteiger partial charge < -0.3 is 5.21 Å². The van der Waals surface area contributed by atoms with E-state index >= 15 is 0 Å². The summed E-state index contributed by atoms with van der Waals surface area (Å²) in [6.07, 6.45) is 0. The van der Waals surface area contributed by atoms with Gasteiger partial charge in [0.2, 0.25) is 0 Å². The first kappa shape index (κ1) is 12.6. The molecule has 0 spiro atoms. The summed E-state index contributed by atoms with van der Waals surface area (Å²) in [7, 11) is 0. The Hall–Kier alpha value is -2.13. The molecule has 2 aromatic rings. The largest absolute Gasteiger partial charge is 0.411 e. The third kappa shape index (κ3) is 2.05. The van der Waals surface area contributed by atoms with Crippen molar-refractivity contribution in [3.63, 3.8) is 0 Å². The molecule has 2 aromatic carbocycles. The second kappa shape index (κ2) is 5.01. The van der Waals surface area contributed by atoms with Crippen LogP contribution >= 0.6 is 0 Å². The van der Waals surface area contributed by atoms with Crippen LogP contribution in [0.5, 0.6) is 0 Å². The zero-order chi connectivity index (χ0) is 14.2. The minimum atomic E-state index is 0.330. The van der Waals surface area contributed by atoms with E-state index in [2.05, 4.69) is 58.6 Å². The smallest absolute Gasteiger partial charge is 0.0920 e. The van der Waals surface area contributed by atoms with Gasteiger partial charge in [0.25, 0.3) is 0 Å². The van der Waals surface area contributed by atoms with Crippen molar-refractivity contribution in [2.45, 2.75) is 12.5 Å². The highest BCUT2D eigenvalue weighted by Crippen LogP contribution is 2.43. The topological polar surface area (TPSA) is 35.8 Å². The summed E-state index contributed by atoms with van der Waals surface area (Å²) in [6, 6.07) is 18.9. The maximum atomic E-state index is 9.41. The van der Waals surface area contributed by atoms with Crippen molar-refractivity contribution < 1.29 is 5.21 Å². The van der Waals surface area contributed by atoms with Crippen LogP contribution in [0.1, 0.15) is 22.6 Å². The molecule has 1 N–H and O–H groups in total. The standard InChI is InChI=1S/C18H18N2O/c21-19-18-15-9-5-4-8-14(15)16-11-20(12-17(16)18)10-13-6-2-1-3-7-13/h1-9,16-17,21H,10-12H2/b19-18+. The zero-order valence-corrected chi connectivity index (χ0v) is 11.8. The van der Waals surface area contributed by atoms with Gasteiger partial charge in [-0.05, 0) is 11.1 Å². The molecule has 1 aliphatic heterocycles. The molecule has 0 amide bonds. The lowest BCUT2D eigenvalue weighted by Crippen LogP contribution is -2.23. The summed E-state index contributed by atoms with van der Waals surface area (Å²) < 4.78 is 0. The van der Waals surface area contributed by atoms with Crippen molar-refractivity contribution in [3.05, 3.63) is 71.3 Å². The Morgan fingerprint density at radius 1 is 0.952 bits per heavy atom. The minimum absolute atomic E-state index is 0.330. The van der Waals surface area contributed by atoms with Crippen molar-refractivity contribution in [1.82, 2.24) is 4.90 Å². The van der Waals surface area contributed by atoms with Crippen LogP contribution in [0.15, 0.2) is 59.8 Å². The molecule has 4 rings (SSSR count). The van der Waals surface area contributed by atoms with E-state index in [0.717, 1.165) is 30.9 Å². The molecule has 106 valence electrons. The highest BCUT2D eigenvalue weighted by atomic mass is 16.4. The number of hydrogen-bond donors (Lipinski definition) is 1. The summed E-state index contributed by atoms with van der Waals surface area (Å²) in [6.45, 7) is 2.97. The molecule has 1 saturated heterocycles. The number of benzene rings is 2. The van der Waals surface area contributed by atoms with Crippen molar-refractivity contribution in [2.24, 2.45) is 11.1 Å². The SMILES string of the molecule is O/N=C1\c2ccccc2C2CN(Cc3ccccc3)CC12. The van der Waals surface area contributed by atoms with Crippen molar-refractivity contribution >= 4 is 5.71 Å². The Morgan fingerprint density at radius 3 is 2.48 bits per heavy atom. The Labute approximate surface area is 124 Å². The molecule has 2 aliphatic rings. The molecule has 1 heterocycles. The van der Waals surface area contributed by atoms with Crippen LogP contribution in [0.2, 0.25) is 0 Å². The number of likely N-dealkylation sites (tertiary alicyclic amines) is 1. The molecule has 0 aromatic heterocycles. The molecule has 21 heavy (non-hydrogen) atoms. The van der Waals surface area contributed by atoms with Gasteiger partial charge in [0.1, 0.15) is 0 Å². The highest BCUT2D eigenvalue weighted by Gasteiger charge is 2.44. The number of fused-ring (bicyclic) bond motifs is 3. The summed E-state index contributed by atoms with van der Waals surface area (Å²) in [5.41, 5.74) is 4.68. The molecule has 2 unspecified atom stereocenters. The summed E-state index contributed by atoms with van der Waals surface area (Å²) in [5.74, 6) is 0.798. The van der Waals surface area contributed by atoms with Crippen molar-refractivity contribution in [1.29, 1.82) is 0 Å². The lowest BCUT2D eigenvalue weighted by molar-refractivity contribution is 0.309. The molecule has 3 heteroatoms. The predicted molar refractivity (Wildman–Crippen MR) is 82.7 cm³/mol. The molecule has 0 bridgehead atoms. The molecule has 1 fully saturated rings. The maximum absolute atomic E-state index is 9.41. The van der Waals surface area contributed by atoms with Gasteiger partial charge in [-0.2, -0.15) is 0 Å². The minimum Gasteiger partial charge on any atom is -0.411 e. The molecule has 1 aliphatic carbocycles. The fourth-order valence-corrected chi connectivity index (χ4v) is 3.83. The van der Waals surface area contributed by atoms with Crippen LogP contribution in [0.3, 0.4) is 0 Å². The third-order valence-corrected chi connectivity index (χ3v) is 4.74. The lowest BCUT2D eigenvalue weighted by Gasteiger charge is -2.17. The first-order chi connectivity index (χ1) is 10.4. The molecule has 2 atom stereocenters. The van der Waals surface area contributed by atoms with Crippen LogP contribution in [0.25, 0.3) is 0 Å². The van der Waals surface area contributed by atoms with Crippen LogP contribution in [0, 0.1) is 5.92 Å². The van der Waals surface area contributed by atoms with Crippen LogP contribution < -0.4 is 0 Å².